The first-order valence-electron chi connectivity index (χ1n) is 6.55. The largest absolute Gasteiger partial charge is 0.497 e. The number of hydrogen-bond donors (Lipinski definition) is 0. The van der Waals surface area contributed by atoms with E-state index in [1.807, 2.05) is 42.5 Å². The number of benzene rings is 2. The summed E-state index contributed by atoms with van der Waals surface area (Å²) >= 11 is 0. The van der Waals surface area contributed by atoms with Gasteiger partial charge in [-0.15, -0.1) is 6.42 Å². The highest BCUT2D eigenvalue weighted by molar-refractivity contribution is 5.50. The Labute approximate surface area is 125 Å². The van der Waals surface area contributed by atoms with E-state index in [-0.39, 0.29) is 5.92 Å². The smallest absolute Gasteiger partial charge is 0.127 e. The van der Waals surface area contributed by atoms with Crippen LogP contribution in [0.3, 0.4) is 0 Å². The Hall–Kier alpha value is -2.60. The molecule has 108 valence electrons. The van der Waals surface area contributed by atoms with Crippen LogP contribution in [0.2, 0.25) is 0 Å². The van der Waals surface area contributed by atoms with E-state index in [0.717, 1.165) is 22.6 Å². The Bertz CT molecular complexity index is 639. The normalized spacial score (nSPS) is 11.3. The third-order valence-electron chi connectivity index (χ3n) is 3.37. The number of terminal acetylenes is 1. The minimum Gasteiger partial charge on any atom is -0.497 e. The lowest BCUT2D eigenvalue weighted by molar-refractivity contribution is 0.391. The topological polar surface area (TPSA) is 27.7 Å². The van der Waals surface area contributed by atoms with Crippen LogP contribution in [0.5, 0.6) is 17.2 Å². The van der Waals surface area contributed by atoms with E-state index in [9.17, 15) is 0 Å². The molecule has 0 N–H and O–H groups in total. The summed E-state index contributed by atoms with van der Waals surface area (Å²) in [5, 5.41) is 0. The van der Waals surface area contributed by atoms with Crippen LogP contribution in [-0.2, 0) is 0 Å². The van der Waals surface area contributed by atoms with Crippen LogP contribution < -0.4 is 14.2 Å². The van der Waals surface area contributed by atoms with Crippen molar-refractivity contribution in [3.8, 4) is 29.6 Å². The van der Waals surface area contributed by atoms with Crippen LogP contribution >= 0.6 is 0 Å². The zero-order valence-corrected chi connectivity index (χ0v) is 12.4. The van der Waals surface area contributed by atoms with E-state index in [1.54, 1.807) is 21.3 Å². The van der Waals surface area contributed by atoms with Gasteiger partial charge in [-0.1, -0.05) is 24.1 Å². The van der Waals surface area contributed by atoms with Crippen LogP contribution in [0.15, 0.2) is 42.5 Å². The molecule has 3 nitrogen and oxygen atoms in total. The van der Waals surface area contributed by atoms with Crippen molar-refractivity contribution in [3.05, 3.63) is 53.6 Å². The van der Waals surface area contributed by atoms with Crippen LogP contribution in [0.1, 0.15) is 17.0 Å². The fourth-order valence-electron chi connectivity index (χ4n) is 2.22. The summed E-state index contributed by atoms with van der Waals surface area (Å²) < 4.78 is 15.8. The van der Waals surface area contributed by atoms with Gasteiger partial charge in [-0.05, 0) is 23.8 Å². The molecule has 1 unspecified atom stereocenters. The van der Waals surface area contributed by atoms with Gasteiger partial charge in [0.2, 0.25) is 0 Å². The number of rotatable bonds is 5. The zero-order valence-electron chi connectivity index (χ0n) is 12.4. The van der Waals surface area contributed by atoms with Crippen molar-refractivity contribution in [2.24, 2.45) is 0 Å². The molecular weight excluding hydrogens is 264 g/mol. The maximum atomic E-state index is 5.73. The SMILES string of the molecule is C#CC(c1ccc(OC)cc1)c1ccc(OC)cc1OC. The Kier molecular flexibility index (Phi) is 4.73. The van der Waals surface area contributed by atoms with Crippen molar-refractivity contribution in [2.75, 3.05) is 21.3 Å². The molecule has 0 aliphatic heterocycles. The molecule has 0 radical (unpaired) electrons. The fraction of sp³-hybridized carbons (Fsp3) is 0.222. The molecule has 2 rings (SSSR count). The number of hydrogen-bond acceptors (Lipinski definition) is 3. The van der Waals surface area contributed by atoms with Gasteiger partial charge in [-0.25, -0.2) is 0 Å². The Morgan fingerprint density at radius 1 is 0.857 bits per heavy atom. The second-order valence-corrected chi connectivity index (χ2v) is 4.48. The molecule has 2 aromatic rings. The van der Waals surface area contributed by atoms with Crippen LogP contribution in [0, 0.1) is 12.3 Å². The highest BCUT2D eigenvalue weighted by Gasteiger charge is 2.17. The third kappa shape index (κ3) is 3.11. The summed E-state index contributed by atoms with van der Waals surface area (Å²) in [6.45, 7) is 0. The monoisotopic (exact) mass is 282 g/mol. The maximum absolute atomic E-state index is 5.73. The van der Waals surface area contributed by atoms with Gasteiger partial charge >= 0.3 is 0 Å². The van der Waals surface area contributed by atoms with Gasteiger partial charge in [0.05, 0.1) is 27.2 Å². The first-order chi connectivity index (χ1) is 10.2. The Morgan fingerprint density at radius 3 is 2.00 bits per heavy atom. The fourth-order valence-corrected chi connectivity index (χ4v) is 2.22. The van der Waals surface area contributed by atoms with Gasteiger partial charge in [-0.2, -0.15) is 0 Å². The molecule has 0 amide bonds. The van der Waals surface area contributed by atoms with Gasteiger partial charge in [0.1, 0.15) is 17.2 Å². The third-order valence-corrected chi connectivity index (χ3v) is 3.37. The van der Waals surface area contributed by atoms with Crippen molar-refractivity contribution in [1.29, 1.82) is 0 Å². The molecule has 0 saturated carbocycles. The molecule has 0 bridgehead atoms. The predicted octanol–water partition coefficient (Wildman–Crippen LogP) is 3.48. The van der Waals surface area contributed by atoms with Gasteiger partial charge < -0.3 is 14.2 Å². The Morgan fingerprint density at radius 2 is 1.48 bits per heavy atom. The van der Waals surface area contributed by atoms with E-state index >= 15 is 0 Å². The average Bonchev–Trinajstić information content (AvgIpc) is 2.56. The van der Waals surface area contributed by atoms with Crippen molar-refractivity contribution >= 4 is 0 Å². The summed E-state index contributed by atoms with van der Waals surface area (Å²) in [4.78, 5) is 0. The van der Waals surface area contributed by atoms with E-state index in [0.29, 0.717) is 5.75 Å². The van der Waals surface area contributed by atoms with Gasteiger partial charge in [-0.3, -0.25) is 0 Å². The lowest BCUT2D eigenvalue weighted by Gasteiger charge is -2.16. The van der Waals surface area contributed by atoms with Crippen molar-refractivity contribution in [3.63, 3.8) is 0 Å². The minimum atomic E-state index is -0.184. The molecule has 0 aliphatic carbocycles. The van der Waals surface area contributed by atoms with E-state index in [2.05, 4.69) is 5.92 Å². The quantitative estimate of drug-likeness (QED) is 0.786. The molecule has 2 aromatic carbocycles. The summed E-state index contributed by atoms with van der Waals surface area (Å²) in [5.41, 5.74) is 1.95. The van der Waals surface area contributed by atoms with Crippen molar-refractivity contribution < 1.29 is 14.2 Å². The molecule has 0 fully saturated rings. The number of methoxy groups -OCH3 is 3. The molecule has 1 atom stereocenters. The minimum absolute atomic E-state index is 0.184. The maximum Gasteiger partial charge on any atom is 0.127 e. The van der Waals surface area contributed by atoms with Crippen LogP contribution in [0.4, 0.5) is 0 Å². The highest BCUT2D eigenvalue weighted by Crippen LogP contribution is 2.34. The second kappa shape index (κ2) is 6.71. The Balaban J connectivity index is 2.43. The molecule has 0 saturated heterocycles. The standard InChI is InChI=1S/C18H18O3/c1-5-16(13-6-8-14(19-2)9-7-13)17-11-10-15(20-3)12-18(17)21-4/h1,6-12,16H,2-4H3. The average molecular weight is 282 g/mol. The number of ether oxygens (including phenoxy) is 3. The first-order valence-corrected chi connectivity index (χ1v) is 6.55. The van der Waals surface area contributed by atoms with Crippen LogP contribution in [-0.4, -0.2) is 21.3 Å². The second-order valence-electron chi connectivity index (χ2n) is 4.48. The van der Waals surface area contributed by atoms with E-state index in [1.165, 1.54) is 0 Å². The van der Waals surface area contributed by atoms with E-state index < -0.39 is 0 Å². The summed E-state index contributed by atoms with van der Waals surface area (Å²) in [5.74, 6) is 4.89. The molecule has 0 spiro atoms. The molecule has 0 aliphatic rings. The van der Waals surface area contributed by atoms with Gasteiger partial charge in [0, 0.05) is 11.6 Å². The molecule has 0 aromatic heterocycles. The molecule has 21 heavy (non-hydrogen) atoms. The summed E-state index contributed by atoms with van der Waals surface area (Å²) in [6, 6.07) is 13.4. The lowest BCUT2D eigenvalue weighted by Crippen LogP contribution is -2.02. The van der Waals surface area contributed by atoms with Gasteiger partial charge in [0.25, 0.3) is 0 Å². The molecule has 3 heteroatoms. The van der Waals surface area contributed by atoms with Crippen molar-refractivity contribution in [2.45, 2.75) is 5.92 Å². The summed E-state index contributed by atoms with van der Waals surface area (Å²) in [7, 11) is 4.89. The molecular formula is C18H18O3. The summed E-state index contributed by atoms with van der Waals surface area (Å²) in [6.07, 6.45) is 5.73. The highest BCUT2D eigenvalue weighted by atomic mass is 16.5. The zero-order chi connectivity index (χ0) is 15.2. The first kappa shape index (κ1) is 14.8. The molecule has 0 heterocycles. The lowest BCUT2D eigenvalue weighted by atomic mass is 9.91. The van der Waals surface area contributed by atoms with Gasteiger partial charge in [0.15, 0.2) is 0 Å². The van der Waals surface area contributed by atoms with Crippen molar-refractivity contribution in [1.82, 2.24) is 0 Å². The predicted molar refractivity (Wildman–Crippen MR) is 83.2 cm³/mol. The van der Waals surface area contributed by atoms with E-state index in [4.69, 9.17) is 20.6 Å². The van der Waals surface area contributed by atoms with Crippen LogP contribution in [0.25, 0.3) is 0 Å².